The quantitative estimate of drug-likeness (QED) is 0.850. The molecule has 1 N–H and O–H groups in total. The van der Waals surface area contributed by atoms with Gasteiger partial charge in [0.05, 0.1) is 5.56 Å². The van der Waals surface area contributed by atoms with Crippen LogP contribution in [0.4, 0.5) is 26.3 Å². The Morgan fingerprint density at radius 2 is 1.68 bits per heavy atom. The third-order valence-electron chi connectivity index (χ3n) is 2.60. The van der Waals surface area contributed by atoms with Crippen molar-refractivity contribution < 1.29 is 31.1 Å². The van der Waals surface area contributed by atoms with Crippen LogP contribution in [0.2, 0.25) is 0 Å². The van der Waals surface area contributed by atoms with E-state index in [0.717, 1.165) is 30.5 Å². The van der Waals surface area contributed by atoms with E-state index in [1.165, 1.54) is 0 Å². The van der Waals surface area contributed by atoms with Gasteiger partial charge in [0.2, 0.25) is 0 Å². The van der Waals surface area contributed by atoms with E-state index in [9.17, 15) is 31.1 Å². The molecule has 22 heavy (non-hydrogen) atoms. The predicted octanol–water partition coefficient (Wildman–Crippen LogP) is 3.96. The van der Waals surface area contributed by atoms with E-state index >= 15 is 0 Å². The van der Waals surface area contributed by atoms with E-state index in [0.29, 0.717) is 6.07 Å². The molecule has 0 aliphatic carbocycles. The van der Waals surface area contributed by atoms with Crippen molar-refractivity contribution in [1.29, 1.82) is 0 Å². The first-order valence-electron chi connectivity index (χ1n) is 5.73. The highest BCUT2D eigenvalue weighted by atomic mass is 19.4. The fraction of sp³-hybridized carbons (Fsp3) is 0.154. The van der Waals surface area contributed by atoms with E-state index in [1.54, 1.807) is 0 Å². The molecule has 0 spiro atoms. The molecule has 0 unspecified atom stereocenters. The van der Waals surface area contributed by atoms with Crippen molar-refractivity contribution in [2.45, 2.75) is 12.5 Å². The topological polar surface area (TPSA) is 42.1 Å². The minimum atomic E-state index is -4.99. The zero-order valence-corrected chi connectivity index (χ0v) is 10.5. The van der Waals surface area contributed by atoms with Crippen LogP contribution in [-0.4, -0.2) is 11.3 Å². The van der Waals surface area contributed by atoms with Crippen LogP contribution in [0.25, 0.3) is 11.1 Å². The van der Waals surface area contributed by atoms with Crippen LogP contribution >= 0.6 is 0 Å². The number of hydrogen-bond acceptors (Lipinski definition) is 2. The van der Waals surface area contributed by atoms with Crippen molar-refractivity contribution in [1.82, 2.24) is 4.98 Å². The van der Waals surface area contributed by atoms with Gasteiger partial charge < -0.3 is 9.72 Å². The van der Waals surface area contributed by atoms with Gasteiger partial charge in [0.25, 0.3) is 0 Å². The number of aromatic amines is 1. The minimum Gasteiger partial charge on any atom is -0.406 e. The second-order valence-corrected chi connectivity index (χ2v) is 4.17. The zero-order chi connectivity index (χ0) is 16.5. The number of aromatic nitrogens is 1. The Hall–Kier alpha value is -2.45. The monoisotopic (exact) mass is 323 g/mol. The molecule has 2 aromatic rings. The normalized spacial score (nSPS) is 12.3. The number of pyridine rings is 1. The second-order valence-electron chi connectivity index (χ2n) is 4.17. The number of benzene rings is 1. The third kappa shape index (κ3) is 3.60. The average molecular weight is 323 g/mol. The van der Waals surface area contributed by atoms with Crippen molar-refractivity contribution in [3.8, 4) is 16.9 Å². The summed E-state index contributed by atoms with van der Waals surface area (Å²) in [7, 11) is 0. The Morgan fingerprint density at radius 1 is 1.00 bits per heavy atom. The number of hydrogen-bond donors (Lipinski definition) is 1. The molecule has 0 aliphatic heterocycles. The average Bonchev–Trinajstić information content (AvgIpc) is 2.35. The first kappa shape index (κ1) is 15.9. The number of nitrogens with one attached hydrogen (secondary N) is 1. The first-order valence-corrected chi connectivity index (χ1v) is 5.73. The summed E-state index contributed by atoms with van der Waals surface area (Å²) in [6.07, 6.45) is -9.05. The predicted molar refractivity (Wildman–Crippen MR) is 64.2 cm³/mol. The summed E-state index contributed by atoms with van der Waals surface area (Å²) in [4.78, 5) is 13.6. The molecule has 9 heteroatoms. The minimum absolute atomic E-state index is 0.337. The van der Waals surface area contributed by atoms with Crippen LogP contribution in [0.5, 0.6) is 5.75 Å². The molecule has 1 heterocycles. The van der Waals surface area contributed by atoms with Crippen LogP contribution in [0.1, 0.15) is 5.69 Å². The van der Waals surface area contributed by atoms with E-state index in [2.05, 4.69) is 4.74 Å². The smallest absolute Gasteiger partial charge is 0.406 e. The Morgan fingerprint density at radius 3 is 2.27 bits per heavy atom. The van der Waals surface area contributed by atoms with Crippen LogP contribution < -0.4 is 10.2 Å². The van der Waals surface area contributed by atoms with Gasteiger partial charge in [-0.05, 0) is 17.7 Å². The van der Waals surface area contributed by atoms with E-state index < -0.39 is 35.0 Å². The van der Waals surface area contributed by atoms with Crippen molar-refractivity contribution in [3.63, 3.8) is 0 Å². The molecular weight excluding hydrogens is 316 g/mol. The summed E-state index contributed by atoms with van der Waals surface area (Å²) in [5.74, 6) is -0.721. The van der Waals surface area contributed by atoms with E-state index in [1.807, 2.05) is 4.98 Å². The van der Waals surface area contributed by atoms with Crippen molar-refractivity contribution >= 4 is 0 Å². The molecule has 0 bridgehead atoms. The van der Waals surface area contributed by atoms with Crippen molar-refractivity contribution in [2.75, 3.05) is 0 Å². The number of ether oxygens (including phenoxy) is 1. The summed E-state index contributed by atoms with van der Waals surface area (Å²) in [5, 5.41) is 0. The lowest BCUT2D eigenvalue weighted by Gasteiger charge is -2.13. The number of halogens is 6. The summed E-state index contributed by atoms with van der Waals surface area (Å²) in [6.45, 7) is 0. The molecule has 1 aromatic heterocycles. The lowest BCUT2D eigenvalue weighted by atomic mass is 10.0. The molecule has 0 saturated heterocycles. The maximum Gasteiger partial charge on any atom is 0.573 e. The highest BCUT2D eigenvalue weighted by Gasteiger charge is 2.36. The van der Waals surface area contributed by atoms with Gasteiger partial charge in [-0.2, -0.15) is 13.2 Å². The molecule has 118 valence electrons. The first-order chi connectivity index (χ1) is 10.1. The molecule has 0 atom stereocenters. The molecule has 0 radical (unpaired) electrons. The summed E-state index contributed by atoms with van der Waals surface area (Å²) in [5.41, 5.74) is -3.43. The molecule has 2 rings (SSSR count). The lowest BCUT2D eigenvalue weighted by molar-refractivity contribution is -0.274. The largest absolute Gasteiger partial charge is 0.573 e. The van der Waals surface area contributed by atoms with Crippen molar-refractivity contribution in [2.24, 2.45) is 0 Å². The lowest BCUT2D eigenvalue weighted by Crippen LogP contribution is -2.18. The van der Waals surface area contributed by atoms with Gasteiger partial charge in [-0.1, -0.05) is 12.1 Å². The molecule has 0 saturated carbocycles. The highest BCUT2D eigenvalue weighted by Crippen LogP contribution is 2.35. The maximum atomic E-state index is 12.9. The molecular formula is C13H7F6NO2. The molecule has 1 aromatic carbocycles. The Bertz CT molecular complexity index is 732. The van der Waals surface area contributed by atoms with Gasteiger partial charge in [-0.15, -0.1) is 13.2 Å². The highest BCUT2D eigenvalue weighted by molar-refractivity contribution is 5.67. The van der Waals surface area contributed by atoms with Crippen LogP contribution in [0.3, 0.4) is 0 Å². The van der Waals surface area contributed by atoms with E-state index in [4.69, 9.17) is 0 Å². The van der Waals surface area contributed by atoms with Gasteiger partial charge in [-0.3, -0.25) is 4.79 Å². The molecule has 3 nitrogen and oxygen atoms in total. The molecule has 0 amide bonds. The molecule has 0 aliphatic rings. The van der Waals surface area contributed by atoms with E-state index in [-0.39, 0.29) is 5.56 Å². The van der Waals surface area contributed by atoms with Crippen molar-refractivity contribution in [3.05, 3.63) is 52.4 Å². The Kier molecular flexibility index (Phi) is 3.90. The number of rotatable bonds is 2. The number of H-pyrrole nitrogens is 1. The second kappa shape index (κ2) is 5.39. The van der Waals surface area contributed by atoms with Gasteiger partial charge in [-0.25, -0.2) is 0 Å². The van der Waals surface area contributed by atoms with Gasteiger partial charge in [0.15, 0.2) is 5.43 Å². The summed E-state index contributed by atoms with van der Waals surface area (Å²) < 4.78 is 78.8. The maximum absolute atomic E-state index is 12.9. The zero-order valence-electron chi connectivity index (χ0n) is 10.5. The van der Waals surface area contributed by atoms with Crippen LogP contribution in [0.15, 0.2) is 41.3 Å². The fourth-order valence-electron chi connectivity index (χ4n) is 1.84. The van der Waals surface area contributed by atoms with Crippen LogP contribution in [0, 0.1) is 0 Å². The molecule has 0 fully saturated rings. The van der Waals surface area contributed by atoms with Crippen LogP contribution in [-0.2, 0) is 6.18 Å². The fourth-order valence-corrected chi connectivity index (χ4v) is 1.84. The Labute approximate surface area is 119 Å². The summed E-state index contributed by atoms with van der Waals surface area (Å²) >= 11 is 0. The van der Waals surface area contributed by atoms with Gasteiger partial charge >= 0.3 is 12.5 Å². The Balaban J connectivity index is 2.58. The number of alkyl halides is 6. The van der Waals surface area contributed by atoms with Gasteiger partial charge in [0.1, 0.15) is 11.4 Å². The SMILES string of the molecule is O=c1cc[nH]c(C(F)(F)F)c1-c1cccc(OC(F)(F)F)c1. The van der Waals surface area contributed by atoms with Gasteiger partial charge in [0, 0.05) is 12.3 Å². The standard InChI is InChI=1S/C13H7F6NO2/c14-12(15,16)11-10(9(21)4-5-20-11)7-2-1-3-8(6-7)22-13(17,18)19/h1-6H,(H,20,21). The third-order valence-corrected chi connectivity index (χ3v) is 2.60. The summed E-state index contributed by atoms with van der Waals surface area (Å²) in [6, 6.07) is 4.63.